The molecule has 0 bridgehead atoms. The first kappa shape index (κ1) is 26.6. The van der Waals surface area contributed by atoms with Gasteiger partial charge in [-0.05, 0) is 47.0 Å². The van der Waals surface area contributed by atoms with Crippen LogP contribution in [0.1, 0.15) is 0 Å². The highest BCUT2D eigenvalue weighted by atomic mass is 32.1. The number of rotatable bonds is 3. The molecule has 0 aliphatic rings. The molecule has 49 heavy (non-hydrogen) atoms. The third kappa shape index (κ3) is 3.44. The molecule has 7 heteroatoms. The Labute approximate surface area is 280 Å². The Morgan fingerprint density at radius 1 is 0.490 bits per heavy atom. The fourth-order valence-corrected chi connectivity index (χ4v) is 9.10. The fourth-order valence-electron chi connectivity index (χ4n) is 7.78. The van der Waals surface area contributed by atoms with Crippen molar-refractivity contribution in [1.29, 1.82) is 0 Å². The van der Waals surface area contributed by atoms with E-state index in [9.17, 15) is 9.59 Å². The van der Waals surface area contributed by atoms with Crippen LogP contribution in [-0.2, 0) is 0 Å². The van der Waals surface area contributed by atoms with E-state index in [0.29, 0.717) is 10.9 Å². The van der Waals surface area contributed by atoms with Crippen molar-refractivity contribution in [2.45, 2.75) is 0 Å². The van der Waals surface area contributed by atoms with Gasteiger partial charge in [0.2, 0.25) is 0 Å². The van der Waals surface area contributed by atoms with Gasteiger partial charge in [0, 0.05) is 37.5 Å². The summed E-state index contributed by atoms with van der Waals surface area (Å²) in [6.45, 7) is 0. The van der Waals surface area contributed by atoms with E-state index < -0.39 is 0 Å². The molecular formula is C42H23N3O3S. The summed E-state index contributed by atoms with van der Waals surface area (Å²) in [5.74, 6) is 0. The van der Waals surface area contributed by atoms with E-state index in [0.717, 1.165) is 81.2 Å². The molecule has 5 aromatic heterocycles. The normalized spacial score (nSPS) is 12.2. The van der Waals surface area contributed by atoms with E-state index in [1.165, 1.54) is 4.52 Å². The molecule has 11 aromatic rings. The van der Waals surface area contributed by atoms with E-state index in [1.807, 2.05) is 106 Å². The summed E-state index contributed by atoms with van der Waals surface area (Å²) < 4.78 is 12.4. The Hall–Kier alpha value is -6.44. The molecule has 0 aliphatic carbocycles. The van der Waals surface area contributed by atoms with Crippen LogP contribution in [0.15, 0.2) is 154 Å². The Kier molecular flexibility index (Phi) is 5.19. The third-order valence-corrected chi connectivity index (χ3v) is 11.1. The lowest BCUT2D eigenvalue weighted by Crippen LogP contribution is -2.22. The average Bonchev–Trinajstić information content (AvgIpc) is 3.93. The summed E-state index contributed by atoms with van der Waals surface area (Å²) in [4.78, 5) is 29.5. The van der Waals surface area contributed by atoms with Crippen LogP contribution in [-0.4, -0.2) is 13.6 Å². The zero-order valence-electron chi connectivity index (χ0n) is 25.8. The Bertz CT molecular complexity index is 3250. The third-order valence-electron chi connectivity index (χ3n) is 9.88. The van der Waals surface area contributed by atoms with Crippen molar-refractivity contribution in [3.63, 3.8) is 0 Å². The molecule has 230 valence electrons. The lowest BCUT2D eigenvalue weighted by molar-refractivity contribution is 0.669. The molecule has 0 N–H and O–H groups in total. The van der Waals surface area contributed by atoms with E-state index in [4.69, 9.17) is 4.42 Å². The number of para-hydroxylation sites is 2. The minimum absolute atomic E-state index is 0.304. The van der Waals surface area contributed by atoms with E-state index in [1.54, 1.807) is 11.3 Å². The summed E-state index contributed by atoms with van der Waals surface area (Å²) in [7, 11) is 0. The second-order valence-electron chi connectivity index (χ2n) is 12.4. The highest BCUT2D eigenvalue weighted by Gasteiger charge is 2.28. The van der Waals surface area contributed by atoms with Crippen molar-refractivity contribution in [1.82, 2.24) is 13.6 Å². The zero-order valence-corrected chi connectivity index (χ0v) is 26.6. The number of aromatic nitrogens is 3. The first-order valence-electron chi connectivity index (χ1n) is 16.1. The maximum atomic E-state index is 14.4. The summed E-state index contributed by atoms with van der Waals surface area (Å²) in [5, 5.41) is 4.42. The molecule has 0 amide bonds. The predicted octanol–water partition coefficient (Wildman–Crippen LogP) is 9.90. The van der Waals surface area contributed by atoms with Gasteiger partial charge in [-0.2, -0.15) is 4.52 Å². The molecule has 0 atom stereocenters. The lowest BCUT2D eigenvalue weighted by Gasteiger charge is -2.08. The van der Waals surface area contributed by atoms with Gasteiger partial charge in [-0.1, -0.05) is 109 Å². The molecule has 0 unspecified atom stereocenters. The molecule has 6 nitrogen and oxygen atoms in total. The minimum atomic E-state index is -0.328. The van der Waals surface area contributed by atoms with Crippen LogP contribution >= 0.6 is 11.3 Å². The molecule has 0 radical (unpaired) electrons. The fraction of sp³-hybridized carbons (Fsp3) is 0. The number of nitrogens with zero attached hydrogens (tertiary/aromatic N) is 3. The van der Waals surface area contributed by atoms with Crippen molar-refractivity contribution < 1.29 is 4.42 Å². The van der Waals surface area contributed by atoms with Gasteiger partial charge < -0.3 is 8.98 Å². The van der Waals surface area contributed by atoms with E-state index in [-0.39, 0.29) is 11.1 Å². The number of benzene rings is 6. The molecule has 0 spiro atoms. The SMILES string of the molecule is O=c1c2c3cccc(-c4cccc5oc6ccccc6c45)c3sc2n2c3c4ccccc4n(-c4ccc(-c5ccccc5)cc4)c3c(=O)n12. The van der Waals surface area contributed by atoms with Crippen LogP contribution in [0.5, 0.6) is 0 Å². The maximum Gasteiger partial charge on any atom is 0.299 e. The van der Waals surface area contributed by atoms with Crippen LogP contribution in [0.25, 0.3) is 92.1 Å². The van der Waals surface area contributed by atoms with Crippen LogP contribution in [0.2, 0.25) is 0 Å². The van der Waals surface area contributed by atoms with Crippen LogP contribution < -0.4 is 11.1 Å². The van der Waals surface area contributed by atoms with Gasteiger partial charge in [-0.15, -0.1) is 11.3 Å². The second-order valence-corrected chi connectivity index (χ2v) is 13.4. The second kappa shape index (κ2) is 9.56. The van der Waals surface area contributed by atoms with E-state index >= 15 is 0 Å². The van der Waals surface area contributed by atoms with Gasteiger partial charge in [0.1, 0.15) is 27.0 Å². The van der Waals surface area contributed by atoms with Gasteiger partial charge >= 0.3 is 0 Å². The lowest BCUT2D eigenvalue weighted by atomic mass is 9.98. The van der Waals surface area contributed by atoms with Gasteiger partial charge in [0.15, 0.2) is 0 Å². The topological polar surface area (TPSA) is 61.0 Å². The highest BCUT2D eigenvalue weighted by Crippen LogP contribution is 2.44. The number of hydrogen-bond donors (Lipinski definition) is 0. The van der Waals surface area contributed by atoms with Crippen LogP contribution in [0.4, 0.5) is 0 Å². The molecular weight excluding hydrogens is 627 g/mol. The summed E-state index contributed by atoms with van der Waals surface area (Å²) in [6.07, 6.45) is 0. The molecule has 5 heterocycles. The number of fused-ring (bicyclic) bond motifs is 12. The Balaban J connectivity index is 1.21. The van der Waals surface area contributed by atoms with Crippen molar-refractivity contribution >= 4 is 75.5 Å². The van der Waals surface area contributed by atoms with Crippen molar-refractivity contribution in [3.8, 4) is 27.9 Å². The molecule has 11 rings (SSSR count). The van der Waals surface area contributed by atoms with Crippen molar-refractivity contribution in [2.75, 3.05) is 0 Å². The first-order chi connectivity index (χ1) is 24.2. The smallest absolute Gasteiger partial charge is 0.299 e. The van der Waals surface area contributed by atoms with Crippen molar-refractivity contribution in [3.05, 3.63) is 160 Å². The number of thiophene rings is 1. The first-order valence-corrected chi connectivity index (χ1v) is 16.9. The minimum Gasteiger partial charge on any atom is -0.456 e. The van der Waals surface area contributed by atoms with Crippen LogP contribution in [0, 0.1) is 0 Å². The quantitative estimate of drug-likeness (QED) is 0.191. The summed E-state index contributed by atoms with van der Waals surface area (Å²) in [5.41, 5.74) is 8.31. The monoisotopic (exact) mass is 649 g/mol. The van der Waals surface area contributed by atoms with Gasteiger partial charge in [-0.3, -0.25) is 9.59 Å². The van der Waals surface area contributed by atoms with Crippen molar-refractivity contribution in [2.24, 2.45) is 0 Å². The molecule has 0 fully saturated rings. The Morgan fingerprint density at radius 3 is 2.02 bits per heavy atom. The Morgan fingerprint density at radius 2 is 1.16 bits per heavy atom. The van der Waals surface area contributed by atoms with Gasteiger partial charge in [-0.25, -0.2) is 4.52 Å². The standard InChI is InChI=1S/C42H23N3O3S/c46-40-36-31-16-8-15-28(27-14-9-19-34-35(27)30-13-5-7-18-33(30)48-34)39(31)49-42(36)44-37-29-12-4-6-17-32(29)43(38(37)41(47)45(40)44)26-22-20-25(21-23-26)24-10-2-1-3-11-24/h1-23H. The molecule has 6 aromatic carbocycles. The molecule has 0 saturated carbocycles. The molecule has 0 aliphatic heterocycles. The van der Waals surface area contributed by atoms with Crippen LogP contribution in [0.3, 0.4) is 0 Å². The van der Waals surface area contributed by atoms with Gasteiger partial charge in [0.05, 0.1) is 10.9 Å². The maximum absolute atomic E-state index is 14.4. The molecule has 0 saturated heterocycles. The van der Waals surface area contributed by atoms with Gasteiger partial charge in [0.25, 0.3) is 11.1 Å². The summed E-state index contributed by atoms with van der Waals surface area (Å²) >= 11 is 1.55. The zero-order chi connectivity index (χ0) is 32.4. The summed E-state index contributed by atoms with van der Waals surface area (Å²) in [6, 6.07) is 46.8. The van der Waals surface area contributed by atoms with E-state index in [2.05, 4.69) is 42.5 Å². The highest BCUT2D eigenvalue weighted by molar-refractivity contribution is 7.26. The number of furan rings is 1. The number of hydrogen-bond acceptors (Lipinski definition) is 4. The largest absolute Gasteiger partial charge is 0.456 e. The predicted molar refractivity (Wildman–Crippen MR) is 200 cm³/mol. The average molecular weight is 650 g/mol.